The number of thiazole rings is 1. The molecule has 2 aliphatic carbocycles. The van der Waals surface area contributed by atoms with Crippen molar-refractivity contribution in [1.29, 1.82) is 0 Å². The van der Waals surface area contributed by atoms with E-state index in [4.69, 9.17) is 16.6 Å². The third kappa shape index (κ3) is 3.56. The summed E-state index contributed by atoms with van der Waals surface area (Å²) in [7, 11) is 0. The summed E-state index contributed by atoms with van der Waals surface area (Å²) in [5, 5.41) is 1.60. The van der Waals surface area contributed by atoms with Crippen molar-refractivity contribution in [3.05, 3.63) is 22.7 Å². The highest BCUT2D eigenvalue weighted by molar-refractivity contribution is 7.22. The molecule has 1 aromatic carbocycles. The van der Waals surface area contributed by atoms with Crippen molar-refractivity contribution in [1.82, 2.24) is 4.98 Å². The van der Waals surface area contributed by atoms with Gasteiger partial charge in [-0.2, -0.15) is 0 Å². The minimum absolute atomic E-state index is 0.209. The van der Waals surface area contributed by atoms with Gasteiger partial charge in [-0.25, -0.2) is 4.98 Å². The van der Waals surface area contributed by atoms with Gasteiger partial charge in [0.2, 0.25) is 5.91 Å². The Morgan fingerprint density at radius 2 is 1.96 bits per heavy atom. The van der Waals surface area contributed by atoms with E-state index in [0.717, 1.165) is 45.3 Å². The van der Waals surface area contributed by atoms with Crippen LogP contribution in [0.2, 0.25) is 5.02 Å². The fraction of sp³-hybridized carbons (Fsp3) is 0.600. The van der Waals surface area contributed by atoms with Gasteiger partial charge in [-0.05, 0) is 56.2 Å². The summed E-state index contributed by atoms with van der Waals surface area (Å²) >= 11 is 7.82. The molecule has 0 saturated heterocycles. The van der Waals surface area contributed by atoms with Crippen LogP contribution in [0.5, 0.6) is 0 Å². The second kappa shape index (κ2) is 7.24. The fourth-order valence-electron chi connectivity index (χ4n) is 4.02. The number of amides is 1. The van der Waals surface area contributed by atoms with Gasteiger partial charge in [0.1, 0.15) is 0 Å². The van der Waals surface area contributed by atoms with Crippen LogP contribution in [0.4, 0.5) is 5.13 Å². The van der Waals surface area contributed by atoms with Crippen molar-refractivity contribution in [3.63, 3.8) is 0 Å². The Morgan fingerprint density at radius 3 is 2.64 bits per heavy atom. The number of aromatic nitrogens is 1. The summed E-state index contributed by atoms with van der Waals surface area (Å²) in [5.41, 5.74) is 2.07. The third-order valence-corrected chi connectivity index (χ3v) is 7.00. The molecule has 0 N–H and O–H groups in total. The monoisotopic (exact) mass is 376 g/mol. The number of rotatable bonds is 4. The largest absolute Gasteiger partial charge is 0.288 e. The van der Waals surface area contributed by atoms with E-state index in [0.29, 0.717) is 11.8 Å². The van der Waals surface area contributed by atoms with Gasteiger partial charge >= 0.3 is 0 Å². The van der Waals surface area contributed by atoms with Crippen LogP contribution < -0.4 is 4.90 Å². The molecule has 0 aliphatic heterocycles. The second-order valence-corrected chi connectivity index (χ2v) is 9.09. The summed E-state index contributed by atoms with van der Waals surface area (Å²) in [6, 6.07) is 3.92. The first kappa shape index (κ1) is 17.3. The number of hydrogen-bond acceptors (Lipinski definition) is 3. The smallest absolute Gasteiger partial charge is 0.231 e. The van der Waals surface area contributed by atoms with Crippen LogP contribution in [-0.2, 0) is 4.79 Å². The van der Waals surface area contributed by atoms with E-state index in [1.165, 1.54) is 38.5 Å². The molecule has 3 nitrogen and oxygen atoms in total. The van der Waals surface area contributed by atoms with E-state index in [1.807, 2.05) is 24.0 Å². The Kier molecular flexibility index (Phi) is 5.01. The zero-order chi connectivity index (χ0) is 17.4. The van der Waals surface area contributed by atoms with Gasteiger partial charge in [-0.15, -0.1) is 0 Å². The maximum atomic E-state index is 13.1. The molecule has 1 aromatic heterocycles. The predicted molar refractivity (Wildman–Crippen MR) is 106 cm³/mol. The number of hydrogen-bond donors (Lipinski definition) is 0. The SMILES string of the molecule is Cc1cc(Cl)cc2sc(N(CC3CCCCC3)C(=O)C3CCC3)nc12. The van der Waals surface area contributed by atoms with E-state index < -0.39 is 0 Å². The number of nitrogens with zero attached hydrogens (tertiary/aromatic N) is 2. The molecule has 1 amide bonds. The number of benzene rings is 1. The Balaban J connectivity index is 1.66. The Hall–Kier alpha value is -1.13. The average Bonchev–Trinajstić information content (AvgIpc) is 2.95. The first-order chi connectivity index (χ1) is 12.1. The van der Waals surface area contributed by atoms with Gasteiger partial charge in [-0.1, -0.05) is 48.6 Å². The van der Waals surface area contributed by atoms with Crippen LogP contribution in [-0.4, -0.2) is 17.4 Å². The summed E-state index contributed by atoms with van der Waals surface area (Å²) < 4.78 is 1.08. The van der Waals surface area contributed by atoms with Crippen LogP contribution in [0.3, 0.4) is 0 Å². The lowest BCUT2D eigenvalue weighted by atomic mass is 9.83. The average molecular weight is 377 g/mol. The van der Waals surface area contributed by atoms with Crippen LogP contribution in [0, 0.1) is 18.8 Å². The minimum Gasteiger partial charge on any atom is -0.288 e. The molecule has 5 heteroatoms. The van der Waals surface area contributed by atoms with Crippen molar-refractivity contribution >= 4 is 44.2 Å². The highest BCUT2D eigenvalue weighted by Gasteiger charge is 2.33. The molecule has 0 bridgehead atoms. The molecule has 0 spiro atoms. The molecule has 4 rings (SSSR count). The normalized spacial score (nSPS) is 19.1. The van der Waals surface area contributed by atoms with E-state index in [2.05, 4.69) is 0 Å². The zero-order valence-electron chi connectivity index (χ0n) is 14.8. The van der Waals surface area contributed by atoms with Gasteiger partial charge in [-0.3, -0.25) is 9.69 Å². The van der Waals surface area contributed by atoms with Gasteiger partial charge in [0.05, 0.1) is 10.2 Å². The first-order valence-corrected chi connectivity index (χ1v) is 10.7. The van der Waals surface area contributed by atoms with E-state index in [-0.39, 0.29) is 5.92 Å². The topological polar surface area (TPSA) is 33.2 Å². The zero-order valence-corrected chi connectivity index (χ0v) is 16.3. The summed E-state index contributed by atoms with van der Waals surface area (Å²) in [6.07, 6.45) is 9.67. The maximum absolute atomic E-state index is 13.1. The Labute approximate surface area is 158 Å². The van der Waals surface area contributed by atoms with Crippen molar-refractivity contribution in [2.24, 2.45) is 11.8 Å². The molecular formula is C20H25ClN2OS. The number of carbonyl (C=O) groups is 1. The molecule has 1 heterocycles. The number of anilines is 1. The predicted octanol–water partition coefficient (Wildman–Crippen LogP) is 5.97. The maximum Gasteiger partial charge on any atom is 0.231 e. The van der Waals surface area contributed by atoms with Crippen LogP contribution >= 0.6 is 22.9 Å². The molecular weight excluding hydrogens is 352 g/mol. The summed E-state index contributed by atoms with van der Waals surface area (Å²) in [6.45, 7) is 2.87. The van der Waals surface area contributed by atoms with Crippen molar-refractivity contribution < 1.29 is 4.79 Å². The third-order valence-electron chi connectivity index (χ3n) is 5.76. The summed E-state index contributed by atoms with van der Waals surface area (Å²) in [4.78, 5) is 20.0. The fourth-order valence-corrected chi connectivity index (χ4v) is 5.46. The van der Waals surface area contributed by atoms with E-state index in [1.54, 1.807) is 11.3 Å². The van der Waals surface area contributed by atoms with Crippen molar-refractivity contribution in [2.45, 2.75) is 58.3 Å². The molecule has 2 aromatic rings. The molecule has 0 unspecified atom stereocenters. The molecule has 0 radical (unpaired) electrons. The lowest BCUT2D eigenvalue weighted by molar-refractivity contribution is -0.124. The molecule has 2 aliphatic rings. The van der Waals surface area contributed by atoms with Gasteiger partial charge in [0.15, 0.2) is 5.13 Å². The number of halogens is 1. The molecule has 25 heavy (non-hydrogen) atoms. The van der Waals surface area contributed by atoms with E-state index in [9.17, 15) is 4.79 Å². The lowest BCUT2D eigenvalue weighted by Gasteiger charge is -2.33. The van der Waals surface area contributed by atoms with Gasteiger partial charge in [0, 0.05) is 17.5 Å². The molecule has 0 atom stereocenters. The summed E-state index contributed by atoms with van der Waals surface area (Å²) in [5.74, 6) is 1.12. The van der Waals surface area contributed by atoms with Crippen molar-refractivity contribution in [3.8, 4) is 0 Å². The highest BCUT2D eigenvalue weighted by Crippen LogP contribution is 2.37. The van der Waals surface area contributed by atoms with Gasteiger partial charge < -0.3 is 0 Å². The van der Waals surface area contributed by atoms with E-state index >= 15 is 0 Å². The Bertz CT molecular complexity index is 777. The molecule has 134 valence electrons. The number of carbonyl (C=O) groups excluding carboxylic acids is 1. The lowest BCUT2D eigenvalue weighted by Crippen LogP contribution is -2.42. The number of aryl methyl sites for hydroxylation is 1. The Morgan fingerprint density at radius 1 is 1.20 bits per heavy atom. The molecule has 2 saturated carbocycles. The van der Waals surface area contributed by atoms with Crippen LogP contribution in [0.1, 0.15) is 56.9 Å². The quantitative estimate of drug-likeness (QED) is 0.658. The standard InChI is InChI=1S/C20H25ClN2OS/c1-13-10-16(21)11-17-18(13)22-20(25-17)23(19(24)15-8-5-9-15)12-14-6-3-2-4-7-14/h10-11,14-15H,2-9,12H2,1H3. The first-order valence-electron chi connectivity index (χ1n) is 9.50. The highest BCUT2D eigenvalue weighted by atomic mass is 35.5. The van der Waals surface area contributed by atoms with Crippen LogP contribution in [0.25, 0.3) is 10.2 Å². The minimum atomic E-state index is 0.209. The van der Waals surface area contributed by atoms with Crippen LogP contribution in [0.15, 0.2) is 12.1 Å². The van der Waals surface area contributed by atoms with Crippen molar-refractivity contribution in [2.75, 3.05) is 11.4 Å². The van der Waals surface area contributed by atoms with Gasteiger partial charge in [0.25, 0.3) is 0 Å². The molecule has 2 fully saturated rings. The number of fused-ring (bicyclic) bond motifs is 1. The second-order valence-electron chi connectivity index (χ2n) is 7.65.